The molecule has 2 aliphatic rings. The van der Waals surface area contributed by atoms with Crippen molar-refractivity contribution >= 4 is 11.8 Å². The lowest BCUT2D eigenvalue weighted by Crippen LogP contribution is -2.52. The number of piperidine rings is 2. The van der Waals surface area contributed by atoms with Gasteiger partial charge in [0.1, 0.15) is 0 Å². The molecule has 148 valence electrons. The molecular weight excluding hydrogens is 340 g/mol. The van der Waals surface area contributed by atoms with Gasteiger partial charge in [-0.15, -0.1) is 0 Å². The molecule has 0 unspecified atom stereocenters. The van der Waals surface area contributed by atoms with E-state index in [1.54, 1.807) is 7.11 Å². The summed E-state index contributed by atoms with van der Waals surface area (Å²) in [6, 6.07) is 7.98. The first-order chi connectivity index (χ1) is 13.1. The average Bonchev–Trinajstić information content (AvgIpc) is 2.71. The molecule has 0 aromatic heterocycles. The van der Waals surface area contributed by atoms with Crippen molar-refractivity contribution < 1.29 is 14.3 Å². The van der Waals surface area contributed by atoms with Crippen molar-refractivity contribution in [3.8, 4) is 0 Å². The number of carbonyl (C=O) groups excluding carboxylic acids is 2. The van der Waals surface area contributed by atoms with E-state index in [-0.39, 0.29) is 17.2 Å². The third-order valence-electron chi connectivity index (χ3n) is 6.25. The van der Waals surface area contributed by atoms with Gasteiger partial charge < -0.3 is 14.5 Å². The number of rotatable bonds is 6. The standard InChI is InChI=1S/C22H32N2O3/c1-3-18-5-7-19(8-6-18)21(26)23-14-11-22(12-15-23)10-9-20(25)24(17-22)13-4-16-27-2/h5-8H,3-4,9-17H2,1-2H3. The number of benzene rings is 1. The van der Waals surface area contributed by atoms with E-state index in [9.17, 15) is 9.59 Å². The van der Waals surface area contributed by atoms with Gasteiger partial charge in [0.15, 0.2) is 0 Å². The van der Waals surface area contributed by atoms with Crippen molar-refractivity contribution in [1.82, 2.24) is 9.80 Å². The van der Waals surface area contributed by atoms with Crippen LogP contribution in [-0.4, -0.2) is 61.5 Å². The first kappa shape index (κ1) is 19.9. The number of ether oxygens (including phenoxy) is 1. The zero-order chi connectivity index (χ0) is 19.3. The number of likely N-dealkylation sites (tertiary alicyclic amines) is 2. The van der Waals surface area contributed by atoms with Gasteiger partial charge in [0.2, 0.25) is 5.91 Å². The molecule has 27 heavy (non-hydrogen) atoms. The zero-order valence-electron chi connectivity index (χ0n) is 16.7. The number of aryl methyl sites for hydroxylation is 1. The molecule has 0 aliphatic carbocycles. The molecule has 5 nitrogen and oxygen atoms in total. The van der Waals surface area contributed by atoms with Crippen LogP contribution in [0.2, 0.25) is 0 Å². The van der Waals surface area contributed by atoms with Crippen molar-refractivity contribution in [2.45, 2.75) is 45.4 Å². The Morgan fingerprint density at radius 3 is 2.48 bits per heavy atom. The van der Waals surface area contributed by atoms with Gasteiger partial charge in [-0.1, -0.05) is 19.1 Å². The Morgan fingerprint density at radius 1 is 1.15 bits per heavy atom. The molecule has 0 N–H and O–H groups in total. The predicted molar refractivity (Wildman–Crippen MR) is 106 cm³/mol. The van der Waals surface area contributed by atoms with Crippen LogP contribution in [0.1, 0.15) is 54.9 Å². The van der Waals surface area contributed by atoms with Gasteiger partial charge in [-0.3, -0.25) is 9.59 Å². The highest BCUT2D eigenvalue weighted by molar-refractivity contribution is 5.94. The predicted octanol–water partition coefficient (Wildman–Crippen LogP) is 3.13. The Morgan fingerprint density at radius 2 is 1.85 bits per heavy atom. The molecule has 3 rings (SSSR count). The van der Waals surface area contributed by atoms with Crippen molar-refractivity contribution in [3.05, 3.63) is 35.4 Å². The van der Waals surface area contributed by atoms with Gasteiger partial charge >= 0.3 is 0 Å². The van der Waals surface area contributed by atoms with Crippen LogP contribution >= 0.6 is 0 Å². The number of hydrogen-bond acceptors (Lipinski definition) is 3. The highest BCUT2D eigenvalue weighted by Gasteiger charge is 2.41. The van der Waals surface area contributed by atoms with Crippen LogP contribution in [0, 0.1) is 5.41 Å². The minimum atomic E-state index is 0.135. The summed E-state index contributed by atoms with van der Waals surface area (Å²) in [5.74, 6) is 0.405. The first-order valence-corrected chi connectivity index (χ1v) is 10.2. The highest BCUT2D eigenvalue weighted by Crippen LogP contribution is 2.40. The molecule has 0 bridgehead atoms. The number of amides is 2. The van der Waals surface area contributed by atoms with E-state index in [0.717, 1.165) is 63.8 Å². The lowest BCUT2D eigenvalue weighted by Gasteiger charge is -2.47. The monoisotopic (exact) mass is 372 g/mol. The molecule has 2 amide bonds. The average molecular weight is 373 g/mol. The van der Waals surface area contributed by atoms with Gasteiger partial charge in [-0.25, -0.2) is 0 Å². The fourth-order valence-corrected chi connectivity index (χ4v) is 4.36. The lowest BCUT2D eigenvalue weighted by atomic mass is 9.72. The van der Waals surface area contributed by atoms with Gasteiger partial charge in [-0.05, 0) is 55.2 Å². The Balaban J connectivity index is 1.56. The molecule has 1 spiro atoms. The molecule has 0 saturated carbocycles. The van der Waals surface area contributed by atoms with Crippen LogP contribution in [0.4, 0.5) is 0 Å². The second-order valence-electron chi connectivity index (χ2n) is 8.00. The third kappa shape index (κ3) is 4.70. The molecule has 2 heterocycles. The summed E-state index contributed by atoms with van der Waals surface area (Å²) in [5.41, 5.74) is 2.22. The molecule has 2 aliphatic heterocycles. The summed E-state index contributed by atoms with van der Waals surface area (Å²) in [6.45, 7) is 6.00. The molecule has 1 aromatic rings. The van der Waals surface area contributed by atoms with Gasteiger partial charge in [0, 0.05) is 51.9 Å². The van der Waals surface area contributed by atoms with Crippen LogP contribution in [0.3, 0.4) is 0 Å². The van der Waals surface area contributed by atoms with E-state index < -0.39 is 0 Å². The molecule has 2 fully saturated rings. The minimum Gasteiger partial charge on any atom is -0.385 e. The van der Waals surface area contributed by atoms with E-state index in [0.29, 0.717) is 13.0 Å². The number of carbonyl (C=O) groups is 2. The van der Waals surface area contributed by atoms with E-state index in [2.05, 4.69) is 6.92 Å². The Bertz CT molecular complexity index is 648. The molecule has 5 heteroatoms. The van der Waals surface area contributed by atoms with E-state index in [1.165, 1.54) is 5.56 Å². The fourth-order valence-electron chi connectivity index (χ4n) is 4.36. The van der Waals surface area contributed by atoms with Crippen LogP contribution in [0.5, 0.6) is 0 Å². The maximum atomic E-state index is 12.8. The van der Waals surface area contributed by atoms with Crippen molar-refractivity contribution in [3.63, 3.8) is 0 Å². The topological polar surface area (TPSA) is 49.9 Å². The summed E-state index contributed by atoms with van der Waals surface area (Å²) in [5, 5.41) is 0. The molecule has 2 saturated heterocycles. The smallest absolute Gasteiger partial charge is 0.253 e. The van der Waals surface area contributed by atoms with Gasteiger partial charge in [-0.2, -0.15) is 0 Å². The quantitative estimate of drug-likeness (QED) is 0.721. The highest BCUT2D eigenvalue weighted by atomic mass is 16.5. The summed E-state index contributed by atoms with van der Waals surface area (Å²) < 4.78 is 5.12. The van der Waals surface area contributed by atoms with Crippen molar-refractivity contribution in [1.29, 1.82) is 0 Å². The summed E-state index contributed by atoms with van der Waals surface area (Å²) in [7, 11) is 1.70. The Kier molecular flexibility index (Phi) is 6.53. The van der Waals surface area contributed by atoms with E-state index >= 15 is 0 Å². The van der Waals surface area contributed by atoms with Crippen LogP contribution < -0.4 is 0 Å². The van der Waals surface area contributed by atoms with E-state index in [1.807, 2.05) is 34.1 Å². The van der Waals surface area contributed by atoms with Crippen LogP contribution in [-0.2, 0) is 16.0 Å². The van der Waals surface area contributed by atoms with Crippen LogP contribution in [0.15, 0.2) is 24.3 Å². The minimum absolute atomic E-state index is 0.135. The largest absolute Gasteiger partial charge is 0.385 e. The third-order valence-corrected chi connectivity index (χ3v) is 6.25. The van der Waals surface area contributed by atoms with Crippen molar-refractivity contribution in [2.75, 3.05) is 39.9 Å². The number of methoxy groups -OCH3 is 1. The molecule has 0 radical (unpaired) electrons. The molecule has 0 atom stereocenters. The summed E-state index contributed by atoms with van der Waals surface area (Å²) in [6.07, 6.45) is 5.44. The Hall–Kier alpha value is -1.88. The van der Waals surface area contributed by atoms with Crippen molar-refractivity contribution in [2.24, 2.45) is 5.41 Å². The Labute approximate surface area is 162 Å². The second-order valence-corrected chi connectivity index (χ2v) is 8.00. The normalized spacial score (nSPS) is 19.6. The first-order valence-electron chi connectivity index (χ1n) is 10.2. The fraction of sp³-hybridized carbons (Fsp3) is 0.636. The number of nitrogens with zero attached hydrogens (tertiary/aromatic N) is 2. The van der Waals surface area contributed by atoms with E-state index in [4.69, 9.17) is 4.74 Å². The maximum Gasteiger partial charge on any atom is 0.253 e. The maximum absolute atomic E-state index is 12.8. The second kappa shape index (κ2) is 8.87. The zero-order valence-corrected chi connectivity index (χ0v) is 16.7. The molecular formula is C22H32N2O3. The van der Waals surface area contributed by atoms with Gasteiger partial charge in [0.25, 0.3) is 5.91 Å². The van der Waals surface area contributed by atoms with Gasteiger partial charge in [0.05, 0.1) is 0 Å². The SMILES string of the molecule is CCc1ccc(C(=O)N2CCC3(CCC(=O)N(CCCOC)C3)CC2)cc1. The van der Waals surface area contributed by atoms with Crippen LogP contribution in [0.25, 0.3) is 0 Å². The summed E-state index contributed by atoms with van der Waals surface area (Å²) >= 11 is 0. The lowest BCUT2D eigenvalue weighted by molar-refractivity contribution is -0.139. The number of hydrogen-bond donors (Lipinski definition) is 0. The summed E-state index contributed by atoms with van der Waals surface area (Å²) in [4.78, 5) is 29.1. The molecule has 1 aromatic carbocycles.